The summed E-state index contributed by atoms with van der Waals surface area (Å²) in [7, 11) is 1.63. The number of hydrogen-bond donors (Lipinski definition) is 1. The van der Waals surface area contributed by atoms with Crippen LogP contribution in [0.15, 0.2) is 5.03 Å². The van der Waals surface area contributed by atoms with E-state index in [0.717, 1.165) is 30.0 Å². The number of aromatic nitrogens is 4. The lowest BCUT2D eigenvalue weighted by molar-refractivity contribution is 0.178. The van der Waals surface area contributed by atoms with E-state index in [2.05, 4.69) is 27.7 Å². The molecular formula is C10H12N4OS. The topological polar surface area (TPSA) is 52.3 Å². The van der Waals surface area contributed by atoms with Crippen molar-refractivity contribution in [3.8, 4) is 0 Å². The van der Waals surface area contributed by atoms with Gasteiger partial charge in [0.15, 0.2) is 5.82 Å². The zero-order valence-electron chi connectivity index (χ0n) is 8.97. The summed E-state index contributed by atoms with van der Waals surface area (Å²) in [5, 5.41) is 5.19. The number of fused-ring (bicyclic) bond motifs is 2. The minimum Gasteiger partial charge on any atom is -0.377 e. The number of thiol groups is 1. The molecule has 6 heteroatoms. The second kappa shape index (κ2) is 3.71. The summed E-state index contributed by atoms with van der Waals surface area (Å²) in [6.45, 7) is 0.404. The molecule has 0 N–H and O–H groups in total. The van der Waals surface area contributed by atoms with Crippen LogP contribution < -0.4 is 0 Å². The van der Waals surface area contributed by atoms with Gasteiger partial charge in [0.25, 0.3) is 5.78 Å². The predicted molar refractivity (Wildman–Crippen MR) is 60.8 cm³/mol. The van der Waals surface area contributed by atoms with Crippen molar-refractivity contribution in [3.63, 3.8) is 0 Å². The smallest absolute Gasteiger partial charge is 0.253 e. The van der Waals surface area contributed by atoms with Gasteiger partial charge < -0.3 is 4.74 Å². The van der Waals surface area contributed by atoms with Crippen LogP contribution in [0.3, 0.4) is 0 Å². The van der Waals surface area contributed by atoms with E-state index in [9.17, 15) is 0 Å². The molecule has 0 saturated carbocycles. The average Bonchev–Trinajstić information content (AvgIpc) is 2.85. The molecular weight excluding hydrogens is 224 g/mol. The maximum atomic E-state index is 5.01. The quantitative estimate of drug-likeness (QED) is 0.625. The second-order valence-electron chi connectivity index (χ2n) is 3.89. The summed E-state index contributed by atoms with van der Waals surface area (Å²) in [4.78, 5) is 8.81. The molecule has 2 aromatic rings. The predicted octanol–water partition coefficient (Wildman–Crippen LogP) is 1.05. The number of ether oxygens (including phenoxy) is 1. The van der Waals surface area contributed by atoms with Crippen molar-refractivity contribution >= 4 is 18.4 Å². The van der Waals surface area contributed by atoms with Crippen molar-refractivity contribution in [2.75, 3.05) is 7.11 Å². The lowest BCUT2D eigenvalue weighted by atomic mass is 10.3. The first-order chi connectivity index (χ1) is 7.79. The van der Waals surface area contributed by atoms with Gasteiger partial charge in [0.1, 0.15) is 11.6 Å². The van der Waals surface area contributed by atoms with Gasteiger partial charge in [-0.1, -0.05) is 0 Å². The first kappa shape index (κ1) is 10.0. The molecule has 0 spiro atoms. The lowest BCUT2D eigenvalue weighted by Crippen LogP contribution is -2.00. The van der Waals surface area contributed by atoms with Crippen molar-refractivity contribution in [2.45, 2.75) is 30.9 Å². The summed E-state index contributed by atoms with van der Waals surface area (Å²) in [5.41, 5.74) is 2.33. The highest BCUT2D eigenvalue weighted by Gasteiger charge is 2.19. The van der Waals surface area contributed by atoms with Crippen LogP contribution in [0.2, 0.25) is 0 Å². The number of aryl methyl sites for hydroxylation is 1. The molecule has 1 aliphatic carbocycles. The molecule has 0 aliphatic heterocycles. The standard InChI is InChI=1S/C10H12N4OS/c1-15-5-8-12-10-11-7-4-2-3-6(7)9(16)14(10)13-8/h16H,2-5H2,1H3. The van der Waals surface area contributed by atoms with Crippen LogP contribution in [0.1, 0.15) is 23.5 Å². The molecule has 1 aliphatic rings. The minimum absolute atomic E-state index is 0.404. The number of methoxy groups -OCH3 is 1. The van der Waals surface area contributed by atoms with Gasteiger partial charge in [-0.25, -0.2) is 4.98 Å². The van der Waals surface area contributed by atoms with E-state index >= 15 is 0 Å². The van der Waals surface area contributed by atoms with Crippen LogP contribution in [0, 0.1) is 0 Å². The SMILES string of the molecule is COCc1nc2nc3c(c(S)n2n1)CCC3. The fourth-order valence-corrected chi connectivity index (χ4v) is 2.47. The van der Waals surface area contributed by atoms with E-state index in [4.69, 9.17) is 4.74 Å². The van der Waals surface area contributed by atoms with Gasteiger partial charge in [-0.05, 0) is 19.3 Å². The van der Waals surface area contributed by atoms with Gasteiger partial charge in [-0.15, -0.1) is 17.7 Å². The molecule has 16 heavy (non-hydrogen) atoms. The molecule has 3 rings (SSSR count). The third kappa shape index (κ3) is 1.41. The van der Waals surface area contributed by atoms with Gasteiger partial charge in [-0.3, -0.25) is 0 Å². The summed E-state index contributed by atoms with van der Waals surface area (Å²) in [6.07, 6.45) is 3.20. The Balaban J connectivity index is 2.20. The van der Waals surface area contributed by atoms with Crippen LogP contribution in [0.5, 0.6) is 0 Å². The number of nitrogens with zero attached hydrogens (tertiary/aromatic N) is 4. The maximum Gasteiger partial charge on any atom is 0.253 e. The van der Waals surface area contributed by atoms with Gasteiger partial charge in [0, 0.05) is 12.7 Å². The van der Waals surface area contributed by atoms with Gasteiger partial charge >= 0.3 is 0 Å². The fourth-order valence-electron chi connectivity index (χ4n) is 2.09. The molecule has 0 unspecified atom stereocenters. The third-order valence-electron chi connectivity index (χ3n) is 2.80. The normalized spacial score (nSPS) is 14.6. The minimum atomic E-state index is 0.404. The van der Waals surface area contributed by atoms with Crippen LogP contribution >= 0.6 is 12.6 Å². The van der Waals surface area contributed by atoms with Crippen LogP contribution in [0.25, 0.3) is 5.78 Å². The monoisotopic (exact) mass is 236 g/mol. The molecule has 0 atom stereocenters. The molecule has 0 radical (unpaired) electrons. The van der Waals surface area contributed by atoms with E-state index in [1.807, 2.05) is 0 Å². The highest BCUT2D eigenvalue weighted by molar-refractivity contribution is 7.80. The Morgan fingerprint density at radius 3 is 3.06 bits per heavy atom. The van der Waals surface area contributed by atoms with Crippen LogP contribution in [0.4, 0.5) is 0 Å². The zero-order valence-corrected chi connectivity index (χ0v) is 9.87. The van der Waals surface area contributed by atoms with Crippen molar-refractivity contribution < 1.29 is 4.74 Å². The number of rotatable bonds is 2. The first-order valence-electron chi connectivity index (χ1n) is 5.25. The first-order valence-corrected chi connectivity index (χ1v) is 5.69. The summed E-state index contributed by atoms with van der Waals surface area (Å²) in [5.74, 6) is 1.27. The van der Waals surface area contributed by atoms with E-state index in [0.29, 0.717) is 18.2 Å². The molecule has 0 aromatic carbocycles. The molecule has 0 amide bonds. The van der Waals surface area contributed by atoms with E-state index in [1.165, 1.54) is 5.56 Å². The Bertz CT molecular complexity index is 551. The van der Waals surface area contributed by atoms with Gasteiger partial charge in [0.05, 0.1) is 5.69 Å². The van der Waals surface area contributed by atoms with E-state index < -0.39 is 0 Å². The van der Waals surface area contributed by atoms with Crippen molar-refractivity contribution in [3.05, 3.63) is 17.1 Å². The molecule has 0 bridgehead atoms. The number of hydrogen-bond acceptors (Lipinski definition) is 5. The summed E-state index contributed by atoms with van der Waals surface area (Å²) < 4.78 is 6.70. The Hall–Kier alpha value is -1.14. The molecule has 2 aromatic heterocycles. The Kier molecular flexibility index (Phi) is 2.33. The molecule has 0 saturated heterocycles. The molecule has 5 nitrogen and oxygen atoms in total. The fraction of sp³-hybridized carbons (Fsp3) is 0.500. The average molecular weight is 236 g/mol. The highest BCUT2D eigenvalue weighted by Crippen LogP contribution is 2.26. The zero-order chi connectivity index (χ0) is 11.1. The second-order valence-corrected chi connectivity index (χ2v) is 4.31. The van der Waals surface area contributed by atoms with Gasteiger partial charge in [0.2, 0.25) is 0 Å². The van der Waals surface area contributed by atoms with Crippen molar-refractivity contribution in [1.82, 2.24) is 19.6 Å². The lowest BCUT2D eigenvalue weighted by Gasteiger charge is -2.03. The van der Waals surface area contributed by atoms with E-state index in [-0.39, 0.29) is 0 Å². The summed E-state index contributed by atoms with van der Waals surface area (Å²) >= 11 is 4.51. The van der Waals surface area contributed by atoms with Gasteiger partial charge in [-0.2, -0.15) is 9.50 Å². The van der Waals surface area contributed by atoms with Crippen LogP contribution in [-0.4, -0.2) is 26.7 Å². The maximum absolute atomic E-state index is 5.01. The van der Waals surface area contributed by atoms with Crippen molar-refractivity contribution in [1.29, 1.82) is 0 Å². The van der Waals surface area contributed by atoms with E-state index in [1.54, 1.807) is 11.6 Å². The third-order valence-corrected chi connectivity index (χ3v) is 3.26. The Morgan fingerprint density at radius 1 is 1.38 bits per heavy atom. The van der Waals surface area contributed by atoms with Crippen LogP contribution in [-0.2, 0) is 24.2 Å². The largest absolute Gasteiger partial charge is 0.377 e. The molecule has 84 valence electrons. The van der Waals surface area contributed by atoms with Crippen molar-refractivity contribution in [2.24, 2.45) is 0 Å². The summed E-state index contributed by atoms with van der Waals surface area (Å²) in [6, 6.07) is 0. The highest BCUT2D eigenvalue weighted by atomic mass is 32.1. The molecule has 0 fully saturated rings. The molecule has 2 heterocycles. The Morgan fingerprint density at radius 2 is 2.25 bits per heavy atom. The Labute approximate surface area is 98.3 Å².